The molecule has 350 valence electrons. The molecule has 70 heavy (non-hydrogen) atoms. The van der Waals surface area contributed by atoms with Gasteiger partial charge < -0.3 is 15.2 Å². The van der Waals surface area contributed by atoms with Crippen LogP contribution < -0.4 is 26.7 Å². The van der Waals surface area contributed by atoms with E-state index in [0.29, 0.717) is 29.9 Å². The van der Waals surface area contributed by atoms with Gasteiger partial charge in [-0.3, -0.25) is 33.9 Å². The van der Waals surface area contributed by atoms with E-state index in [2.05, 4.69) is 25.6 Å². The van der Waals surface area contributed by atoms with Gasteiger partial charge in [-0.05, 0) is 48.5 Å². The number of ether oxygens (including phenoxy) is 1. The smallest absolute Gasteiger partial charge is 0.266 e. The topological polar surface area (TPSA) is 196 Å². The summed E-state index contributed by atoms with van der Waals surface area (Å²) in [6.07, 6.45) is 1.75. The molecular formula is C54H47N9O7. The first-order valence-electron chi connectivity index (χ1n) is 22.3. The maximum atomic E-state index is 12.4. The van der Waals surface area contributed by atoms with Crippen LogP contribution in [0.3, 0.4) is 0 Å². The summed E-state index contributed by atoms with van der Waals surface area (Å²) >= 11 is 0. The Labute approximate surface area is 401 Å². The van der Waals surface area contributed by atoms with Crippen LogP contribution in [0.15, 0.2) is 197 Å². The third kappa shape index (κ3) is 11.3. The van der Waals surface area contributed by atoms with Crippen LogP contribution in [0.5, 0.6) is 5.75 Å². The minimum Gasteiger partial charge on any atom is -0.497 e. The molecule has 1 aliphatic heterocycles. The molecule has 16 heteroatoms. The summed E-state index contributed by atoms with van der Waals surface area (Å²) in [7, 11) is 1.64. The molecular weight excluding hydrogens is 887 g/mol. The molecule has 0 spiro atoms. The van der Waals surface area contributed by atoms with Crippen LogP contribution in [-0.2, 0) is 19.6 Å². The Morgan fingerprint density at radius 3 is 1.43 bits per heavy atom. The van der Waals surface area contributed by atoms with Gasteiger partial charge in [-0.2, -0.15) is 15.3 Å². The van der Waals surface area contributed by atoms with Crippen molar-refractivity contribution in [1.82, 2.24) is 39.2 Å². The van der Waals surface area contributed by atoms with Crippen LogP contribution >= 0.6 is 0 Å². The lowest BCUT2D eigenvalue weighted by Crippen LogP contribution is -2.35. The van der Waals surface area contributed by atoms with E-state index in [-0.39, 0.29) is 54.7 Å². The fourth-order valence-electron chi connectivity index (χ4n) is 7.55. The maximum Gasteiger partial charge on any atom is 0.266 e. The molecule has 5 aromatic carbocycles. The van der Waals surface area contributed by atoms with E-state index in [4.69, 9.17) is 9.84 Å². The Kier molecular flexibility index (Phi) is 15.3. The molecule has 0 saturated heterocycles. The van der Waals surface area contributed by atoms with Crippen molar-refractivity contribution in [3.63, 3.8) is 0 Å². The molecule has 0 unspecified atom stereocenters. The Bertz CT molecular complexity index is 3400. The number of rotatable bonds is 13. The number of carbonyl (C=O) groups is 2. The van der Waals surface area contributed by atoms with E-state index in [0.717, 1.165) is 55.3 Å². The first-order valence-corrected chi connectivity index (χ1v) is 22.3. The van der Waals surface area contributed by atoms with Gasteiger partial charge >= 0.3 is 0 Å². The number of nitrogens with zero attached hydrogens (tertiary/aromatic N) is 8. The summed E-state index contributed by atoms with van der Waals surface area (Å²) in [5.74, 6) is 0.0985. The number of aromatic nitrogens is 7. The SMILES string of the molecule is COc1ccc2c(NCCn3nc(-c4ccccc4)ccc3=O)ccnc2c1.O=C1c2ccccc2C(=O)N1CCn1nc(-c2ccccc2)ccc1=O.O=c1ccc(-c2ccccc2)nn1CCO. The zero-order chi connectivity index (χ0) is 48.8. The van der Waals surface area contributed by atoms with E-state index < -0.39 is 0 Å². The van der Waals surface area contributed by atoms with Gasteiger partial charge in [-0.15, -0.1) is 0 Å². The van der Waals surface area contributed by atoms with Crippen LogP contribution in [-0.4, -0.2) is 83.0 Å². The minimum atomic E-state index is -0.335. The normalized spacial score (nSPS) is 11.5. The Morgan fingerprint density at radius 1 is 0.500 bits per heavy atom. The number of benzene rings is 5. The molecule has 0 radical (unpaired) electrons. The Hall–Kier alpha value is -9.15. The molecule has 0 fully saturated rings. The highest BCUT2D eigenvalue weighted by atomic mass is 16.5. The van der Waals surface area contributed by atoms with E-state index in [9.17, 15) is 24.0 Å². The number of fused-ring (bicyclic) bond motifs is 2. The van der Waals surface area contributed by atoms with Gasteiger partial charge in [-0.25, -0.2) is 14.0 Å². The number of aliphatic hydroxyl groups is 1. The second kappa shape index (κ2) is 22.6. The summed E-state index contributed by atoms with van der Waals surface area (Å²) in [6, 6.07) is 52.9. The highest BCUT2D eigenvalue weighted by Gasteiger charge is 2.34. The van der Waals surface area contributed by atoms with Crippen molar-refractivity contribution in [3.8, 4) is 39.5 Å². The molecule has 2 amide bonds. The van der Waals surface area contributed by atoms with Gasteiger partial charge in [0.05, 0.1) is 67.1 Å². The van der Waals surface area contributed by atoms with Crippen molar-refractivity contribution in [2.24, 2.45) is 0 Å². The fraction of sp³-hybridized carbons (Fsp3) is 0.130. The third-order valence-corrected chi connectivity index (χ3v) is 11.1. The largest absolute Gasteiger partial charge is 0.497 e. The van der Waals surface area contributed by atoms with Gasteiger partial charge in [0.1, 0.15) is 5.75 Å². The molecule has 16 nitrogen and oxygen atoms in total. The van der Waals surface area contributed by atoms with E-state index >= 15 is 0 Å². The second-order valence-electron chi connectivity index (χ2n) is 15.6. The molecule has 0 aliphatic carbocycles. The van der Waals surface area contributed by atoms with E-state index in [1.165, 1.54) is 26.2 Å². The Balaban J connectivity index is 0.000000146. The van der Waals surface area contributed by atoms with Crippen molar-refractivity contribution in [2.75, 3.05) is 32.1 Å². The lowest BCUT2D eigenvalue weighted by atomic mass is 10.1. The van der Waals surface area contributed by atoms with Crippen LogP contribution in [0.1, 0.15) is 20.7 Å². The average molecular weight is 934 g/mol. The summed E-state index contributed by atoms with van der Waals surface area (Å²) < 4.78 is 9.29. The number of pyridine rings is 1. The average Bonchev–Trinajstić information content (AvgIpc) is 3.65. The van der Waals surface area contributed by atoms with Gasteiger partial charge in [0.15, 0.2) is 0 Å². The lowest BCUT2D eigenvalue weighted by molar-refractivity contribution is 0.0647. The first-order chi connectivity index (χ1) is 34.2. The number of hydrogen-bond acceptors (Lipinski definition) is 12. The molecule has 1 aliphatic rings. The van der Waals surface area contributed by atoms with Crippen molar-refractivity contribution in [3.05, 3.63) is 224 Å². The quantitative estimate of drug-likeness (QED) is 0.117. The van der Waals surface area contributed by atoms with Gasteiger partial charge in [0.2, 0.25) is 0 Å². The highest BCUT2D eigenvalue weighted by molar-refractivity contribution is 6.21. The molecule has 2 N–H and O–H groups in total. The van der Waals surface area contributed by atoms with Gasteiger partial charge in [0, 0.05) is 71.3 Å². The summed E-state index contributed by atoms with van der Waals surface area (Å²) in [5.41, 5.74) is 7.01. The summed E-state index contributed by atoms with van der Waals surface area (Å²) in [5, 5.41) is 26.2. The molecule has 0 saturated carbocycles. The molecule has 10 rings (SSSR count). The maximum absolute atomic E-state index is 12.4. The van der Waals surface area contributed by atoms with Crippen LogP contribution in [0, 0.1) is 0 Å². The number of nitrogens with one attached hydrogen (secondary N) is 1. The number of amides is 2. The molecule has 0 bridgehead atoms. The number of anilines is 1. The van der Waals surface area contributed by atoms with E-state index in [1.54, 1.807) is 61.8 Å². The lowest BCUT2D eigenvalue weighted by Gasteiger charge is -2.14. The number of carbonyl (C=O) groups excluding carboxylic acids is 2. The molecule has 5 heterocycles. The molecule has 0 atom stereocenters. The zero-order valence-corrected chi connectivity index (χ0v) is 38.0. The van der Waals surface area contributed by atoms with Crippen LogP contribution in [0.25, 0.3) is 44.7 Å². The second-order valence-corrected chi connectivity index (χ2v) is 15.6. The molecule has 4 aromatic heterocycles. The number of aliphatic hydroxyl groups excluding tert-OH is 1. The summed E-state index contributed by atoms with van der Waals surface area (Å²) in [4.78, 5) is 66.0. The Morgan fingerprint density at radius 2 is 0.957 bits per heavy atom. The first kappa shape index (κ1) is 47.3. The monoisotopic (exact) mass is 933 g/mol. The van der Waals surface area contributed by atoms with Crippen molar-refractivity contribution in [1.29, 1.82) is 0 Å². The number of methoxy groups -OCH3 is 1. The van der Waals surface area contributed by atoms with Crippen molar-refractivity contribution in [2.45, 2.75) is 19.6 Å². The van der Waals surface area contributed by atoms with E-state index in [1.807, 2.05) is 115 Å². The molecule has 9 aromatic rings. The van der Waals surface area contributed by atoms with Gasteiger partial charge in [-0.1, -0.05) is 103 Å². The summed E-state index contributed by atoms with van der Waals surface area (Å²) in [6.45, 7) is 1.39. The van der Waals surface area contributed by atoms with Crippen molar-refractivity contribution >= 4 is 28.4 Å². The minimum absolute atomic E-state index is 0.0921. The highest BCUT2D eigenvalue weighted by Crippen LogP contribution is 2.26. The standard InChI is InChI=1S/C22H20N4O2.C20H15N3O3.C12H12N2O2/c1-28-17-7-8-18-20(11-12-23-21(18)15-17)24-13-14-26-22(27)10-9-19(25-26)16-5-3-2-4-6-16;24-18-11-10-17(14-6-2-1-3-7-14)21-23(18)13-12-22-19(25)15-8-4-5-9-16(15)20(22)26;15-9-8-14-12(16)7-6-11(13-14)10-4-2-1-3-5-10/h2-12,15H,13-14H2,1H3,(H,23,24);1-11H,12-13H2;1-7,15H,8-9H2. The number of imide groups is 1. The van der Waals surface area contributed by atoms with Crippen molar-refractivity contribution < 1.29 is 19.4 Å². The fourth-order valence-corrected chi connectivity index (χ4v) is 7.55. The number of hydrogen-bond donors (Lipinski definition) is 2. The zero-order valence-electron chi connectivity index (χ0n) is 38.0. The predicted octanol–water partition coefficient (Wildman–Crippen LogP) is 6.69. The predicted molar refractivity (Wildman–Crippen MR) is 267 cm³/mol. The van der Waals surface area contributed by atoms with Gasteiger partial charge in [0.25, 0.3) is 28.5 Å². The van der Waals surface area contributed by atoms with Crippen LogP contribution in [0.4, 0.5) is 5.69 Å². The van der Waals surface area contributed by atoms with Crippen LogP contribution in [0.2, 0.25) is 0 Å². The third-order valence-electron chi connectivity index (χ3n) is 11.1.